The molecule has 0 bridgehead atoms. The first kappa shape index (κ1) is 15.6. The van der Waals surface area contributed by atoms with E-state index in [1.807, 2.05) is 19.2 Å². The van der Waals surface area contributed by atoms with Crippen LogP contribution in [0.3, 0.4) is 0 Å². The Morgan fingerprint density at radius 3 is 1.81 bits per heavy atom. The number of aliphatic hydroxyl groups excluding tert-OH is 1. The number of rotatable bonds is 6. The molecule has 0 aromatic heterocycles. The van der Waals surface area contributed by atoms with Gasteiger partial charge in [-0.2, -0.15) is 0 Å². The molecular formula is C19H25NO. The summed E-state index contributed by atoms with van der Waals surface area (Å²) in [5, 5.41) is 10.4. The molecule has 21 heavy (non-hydrogen) atoms. The highest BCUT2D eigenvalue weighted by molar-refractivity contribution is 5.47. The van der Waals surface area contributed by atoms with Gasteiger partial charge in [0.25, 0.3) is 0 Å². The van der Waals surface area contributed by atoms with E-state index in [2.05, 4.69) is 55.1 Å². The zero-order chi connectivity index (χ0) is 15.2. The van der Waals surface area contributed by atoms with Crippen LogP contribution in [0, 0.1) is 0 Å². The molecule has 0 aliphatic heterocycles. The number of nitrogens with zero attached hydrogens (tertiary/aromatic N) is 1. The molecule has 0 aliphatic carbocycles. The standard InChI is InChI=1S/C19H25NO/c1-4-15-6-10-17(11-7-15)19(21)14-20(3)18-12-8-16(5-2)9-13-18/h6-13,19,21H,4-5,14H2,1-3H3. The molecule has 2 aromatic rings. The summed E-state index contributed by atoms with van der Waals surface area (Å²) in [6.07, 6.45) is 1.61. The highest BCUT2D eigenvalue weighted by Crippen LogP contribution is 2.20. The molecule has 0 aliphatic rings. The maximum Gasteiger partial charge on any atom is 0.0964 e. The Morgan fingerprint density at radius 1 is 0.857 bits per heavy atom. The maximum atomic E-state index is 10.4. The number of hydrogen-bond donors (Lipinski definition) is 1. The first-order valence-corrected chi connectivity index (χ1v) is 7.71. The van der Waals surface area contributed by atoms with Gasteiger partial charge < -0.3 is 10.0 Å². The third-order valence-corrected chi connectivity index (χ3v) is 4.00. The van der Waals surface area contributed by atoms with Crippen molar-refractivity contribution < 1.29 is 5.11 Å². The summed E-state index contributed by atoms with van der Waals surface area (Å²) >= 11 is 0. The van der Waals surface area contributed by atoms with Gasteiger partial charge in [-0.3, -0.25) is 0 Å². The Labute approximate surface area is 128 Å². The van der Waals surface area contributed by atoms with Crippen molar-refractivity contribution in [1.29, 1.82) is 0 Å². The van der Waals surface area contributed by atoms with E-state index >= 15 is 0 Å². The molecule has 0 amide bonds. The summed E-state index contributed by atoms with van der Waals surface area (Å²) in [6.45, 7) is 4.89. The van der Waals surface area contributed by atoms with Crippen LogP contribution in [0.5, 0.6) is 0 Å². The van der Waals surface area contributed by atoms with Crippen molar-refractivity contribution >= 4 is 5.69 Å². The van der Waals surface area contributed by atoms with Crippen LogP contribution in [0.15, 0.2) is 48.5 Å². The van der Waals surface area contributed by atoms with Gasteiger partial charge in [0.15, 0.2) is 0 Å². The predicted octanol–water partition coefficient (Wildman–Crippen LogP) is 3.98. The molecule has 0 saturated heterocycles. The molecule has 2 rings (SSSR count). The lowest BCUT2D eigenvalue weighted by molar-refractivity contribution is 0.185. The molecule has 0 radical (unpaired) electrons. The van der Waals surface area contributed by atoms with Gasteiger partial charge in [0.1, 0.15) is 0 Å². The van der Waals surface area contributed by atoms with Crippen LogP contribution < -0.4 is 4.90 Å². The van der Waals surface area contributed by atoms with E-state index < -0.39 is 6.10 Å². The monoisotopic (exact) mass is 283 g/mol. The second-order valence-corrected chi connectivity index (χ2v) is 5.51. The summed E-state index contributed by atoms with van der Waals surface area (Å²) in [5.74, 6) is 0. The Balaban J connectivity index is 2.01. The fourth-order valence-electron chi connectivity index (χ4n) is 2.43. The molecule has 2 heteroatoms. The molecule has 2 nitrogen and oxygen atoms in total. The molecule has 1 N–H and O–H groups in total. The minimum absolute atomic E-state index is 0.466. The third kappa shape index (κ3) is 4.08. The van der Waals surface area contributed by atoms with Crippen molar-refractivity contribution in [2.75, 3.05) is 18.5 Å². The van der Waals surface area contributed by atoms with Crippen molar-refractivity contribution in [3.05, 3.63) is 65.2 Å². The van der Waals surface area contributed by atoms with Gasteiger partial charge in [0, 0.05) is 19.3 Å². The Morgan fingerprint density at radius 2 is 1.33 bits per heavy atom. The summed E-state index contributed by atoms with van der Waals surface area (Å²) in [7, 11) is 2.02. The first-order chi connectivity index (χ1) is 10.1. The Hall–Kier alpha value is -1.80. The Kier molecular flexibility index (Phi) is 5.40. The quantitative estimate of drug-likeness (QED) is 0.866. The molecule has 0 saturated carbocycles. The summed E-state index contributed by atoms with van der Waals surface area (Å²) in [4.78, 5) is 2.10. The van der Waals surface area contributed by atoms with Crippen molar-refractivity contribution in [3.8, 4) is 0 Å². The van der Waals surface area contributed by atoms with Gasteiger partial charge in [0.2, 0.25) is 0 Å². The zero-order valence-corrected chi connectivity index (χ0v) is 13.2. The number of aryl methyl sites for hydroxylation is 2. The van der Waals surface area contributed by atoms with Crippen LogP contribution in [0.1, 0.15) is 36.6 Å². The lowest BCUT2D eigenvalue weighted by Gasteiger charge is -2.23. The molecule has 1 atom stereocenters. The third-order valence-electron chi connectivity index (χ3n) is 4.00. The minimum Gasteiger partial charge on any atom is -0.387 e. The number of benzene rings is 2. The van der Waals surface area contributed by atoms with Gasteiger partial charge >= 0.3 is 0 Å². The smallest absolute Gasteiger partial charge is 0.0964 e. The fourth-order valence-corrected chi connectivity index (χ4v) is 2.43. The van der Waals surface area contributed by atoms with E-state index in [-0.39, 0.29) is 0 Å². The lowest BCUT2D eigenvalue weighted by atomic mass is 10.1. The molecule has 2 aromatic carbocycles. The van der Waals surface area contributed by atoms with Crippen molar-refractivity contribution in [3.63, 3.8) is 0 Å². The highest BCUT2D eigenvalue weighted by atomic mass is 16.3. The van der Waals surface area contributed by atoms with Gasteiger partial charge in [-0.25, -0.2) is 0 Å². The van der Waals surface area contributed by atoms with E-state index in [9.17, 15) is 5.11 Å². The van der Waals surface area contributed by atoms with Crippen LogP contribution in [-0.2, 0) is 12.8 Å². The highest BCUT2D eigenvalue weighted by Gasteiger charge is 2.11. The molecule has 112 valence electrons. The lowest BCUT2D eigenvalue weighted by Crippen LogP contribution is -2.24. The van der Waals surface area contributed by atoms with Gasteiger partial charge in [-0.05, 0) is 41.7 Å². The second kappa shape index (κ2) is 7.28. The number of likely N-dealkylation sites (N-methyl/N-ethyl adjacent to an activating group) is 1. The molecule has 0 heterocycles. The number of hydrogen-bond acceptors (Lipinski definition) is 2. The van der Waals surface area contributed by atoms with E-state index in [1.165, 1.54) is 11.1 Å². The fraction of sp³-hybridized carbons (Fsp3) is 0.368. The summed E-state index contributed by atoms with van der Waals surface area (Å²) < 4.78 is 0. The van der Waals surface area contributed by atoms with Gasteiger partial charge in [0.05, 0.1) is 6.10 Å². The van der Waals surface area contributed by atoms with Crippen LogP contribution in [0.4, 0.5) is 5.69 Å². The SMILES string of the molecule is CCc1ccc(C(O)CN(C)c2ccc(CC)cc2)cc1. The second-order valence-electron chi connectivity index (χ2n) is 5.51. The number of aliphatic hydroxyl groups is 1. The molecule has 0 fully saturated rings. The average molecular weight is 283 g/mol. The summed E-state index contributed by atoms with van der Waals surface area (Å²) in [6, 6.07) is 16.8. The maximum absolute atomic E-state index is 10.4. The molecular weight excluding hydrogens is 258 g/mol. The first-order valence-electron chi connectivity index (χ1n) is 7.71. The van der Waals surface area contributed by atoms with E-state index in [4.69, 9.17) is 0 Å². The largest absolute Gasteiger partial charge is 0.387 e. The predicted molar refractivity (Wildman–Crippen MR) is 89.9 cm³/mol. The van der Waals surface area contributed by atoms with E-state index in [0.717, 1.165) is 24.1 Å². The van der Waals surface area contributed by atoms with Crippen molar-refractivity contribution in [2.45, 2.75) is 32.8 Å². The zero-order valence-electron chi connectivity index (χ0n) is 13.2. The molecule has 1 unspecified atom stereocenters. The number of anilines is 1. The van der Waals surface area contributed by atoms with Crippen molar-refractivity contribution in [2.24, 2.45) is 0 Å². The Bertz CT molecular complexity index is 493. The normalized spacial score (nSPS) is 12.2. The van der Waals surface area contributed by atoms with Crippen LogP contribution in [0.2, 0.25) is 0 Å². The topological polar surface area (TPSA) is 23.5 Å². The van der Waals surface area contributed by atoms with Crippen LogP contribution in [-0.4, -0.2) is 18.7 Å². The molecule has 0 spiro atoms. The van der Waals surface area contributed by atoms with E-state index in [0.29, 0.717) is 6.54 Å². The summed E-state index contributed by atoms with van der Waals surface area (Å²) in [5.41, 5.74) is 4.75. The minimum atomic E-state index is -0.466. The van der Waals surface area contributed by atoms with Gasteiger partial charge in [-0.1, -0.05) is 50.2 Å². The average Bonchev–Trinajstić information content (AvgIpc) is 2.55. The van der Waals surface area contributed by atoms with Crippen LogP contribution >= 0.6 is 0 Å². The van der Waals surface area contributed by atoms with Crippen LogP contribution in [0.25, 0.3) is 0 Å². The van der Waals surface area contributed by atoms with Gasteiger partial charge in [-0.15, -0.1) is 0 Å². The van der Waals surface area contributed by atoms with E-state index in [1.54, 1.807) is 0 Å². The van der Waals surface area contributed by atoms with Crippen molar-refractivity contribution in [1.82, 2.24) is 0 Å².